The van der Waals surface area contributed by atoms with Crippen molar-refractivity contribution in [1.29, 1.82) is 0 Å². The summed E-state index contributed by atoms with van der Waals surface area (Å²) in [6.07, 6.45) is 0. The van der Waals surface area contributed by atoms with Crippen LogP contribution in [0.15, 0.2) is 9.52 Å². The Morgan fingerprint density at radius 2 is 2.17 bits per heavy atom. The zero-order chi connectivity index (χ0) is 16.3. The number of aryl methyl sites for hydroxylation is 2. The average molecular weight is 452 g/mol. The van der Waals surface area contributed by atoms with Gasteiger partial charge >= 0.3 is 0 Å². The van der Waals surface area contributed by atoms with Crippen molar-refractivity contribution in [3.8, 4) is 0 Å². The lowest BCUT2D eigenvalue weighted by Gasteiger charge is -2.39. The molecule has 1 atom stereocenters. The van der Waals surface area contributed by atoms with Gasteiger partial charge in [-0.2, -0.15) is 11.8 Å². The summed E-state index contributed by atoms with van der Waals surface area (Å²) in [5.41, 5.74) is 2.19. The molecule has 1 aliphatic rings. The van der Waals surface area contributed by atoms with Crippen LogP contribution in [0.3, 0.4) is 0 Å². The minimum atomic E-state index is 0. The second-order valence-corrected chi connectivity index (χ2v) is 8.40. The van der Waals surface area contributed by atoms with Crippen LogP contribution in [0.2, 0.25) is 0 Å². The molecule has 1 aliphatic heterocycles. The van der Waals surface area contributed by atoms with Crippen molar-refractivity contribution in [3.05, 3.63) is 17.0 Å². The second kappa shape index (κ2) is 8.60. The third kappa shape index (κ3) is 5.27. The Hall–Kier alpha value is -0.440. The molecule has 2 heterocycles. The Labute approximate surface area is 161 Å². The number of hydrogen-bond donors (Lipinski definition) is 1. The topological polar surface area (TPSA) is 53.7 Å². The Morgan fingerprint density at radius 3 is 2.70 bits per heavy atom. The van der Waals surface area contributed by atoms with Crippen LogP contribution in [0, 0.1) is 13.8 Å². The van der Waals surface area contributed by atoms with Gasteiger partial charge in [0.25, 0.3) is 0 Å². The molecule has 0 radical (unpaired) electrons. The van der Waals surface area contributed by atoms with Gasteiger partial charge in [0.05, 0.1) is 5.69 Å². The van der Waals surface area contributed by atoms with Crippen LogP contribution in [-0.2, 0) is 0 Å². The van der Waals surface area contributed by atoms with Gasteiger partial charge in [-0.05, 0) is 27.7 Å². The first-order chi connectivity index (χ1) is 10.3. The lowest BCUT2D eigenvalue weighted by molar-refractivity contribution is 0.374. The van der Waals surface area contributed by atoms with E-state index in [1.54, 1.807) is 0 Å². The van der Waals surface area contributed by atoms with Crippen LogP contribution in [-0.4, -0.2) is 53.2 Å². The molecule has 7 heteroatoms. The zero-order valence-electron chi connectivity index (χ0n) is 15.0. The number of guanidine groups is 1. The summed E-state index contributed by atoms with van der Waals surface area (Å²) in [5, 5.41) is 7.56. The summed E-state index contributed by atoms with van der Waals surface area (Å²) in [4.78, 5) is 6.82. The molecular formula is C16H29IN4OS. The Balaban J connectivity index is 0.00000264. The maximum absolute atomic E-state index is 5.27. The Kier molecular flexibility index (Phi) is 7.70. The molecule has 0 aliphatic carbocycles. The van der Waals surface area contributed by atoms with Crippen molar-refractivity contribution >= 4 is 41.7 Å². The first kappa shape index (κ1) is 20.6. The van der Waals surface area contributed by atoms with E-state index in [0.717, 1.165) is 42.8 Å². The minimum Gasteiger partial charge on any atom is -0.361 e. The molecule has 5 nitrogen and oxygen atoms in total. The van der Waals surface area contributed by atoms with Gasteiger partial charge in [-0.3, -0.25) is 4.99 Å². The van der Waals surface area contributed by atoms with Crippen LogP contribution < -0.4 is 5.32 Å². The van der Waals surface area contributed by atoms with E-state index >= 15 is 0 Å². The molecule has 23 heavy (non-hydrogen) atoms. The number of aliphatic imine (C=N–C) groups is 1. The van der Waals surface area contributed by atoms with Crippen LogP contribution in [0.4, 0.5) is 0 Å². The summed E-state index contributed by atoms with van der Waals surface area (Å²) in [5.74, 6) is 3.40. The Morgan fingerprint density at radius 1 is 1.48 bits per heavy atom. The zero-order valence-corrected chi connectivity index (χ0v) is 18.1. The molecule has 0 spiro atoms. The van der Waals surface area contributed by atoms with E-state index < -0.39 is 0 Å². The third-order valence-corrected chi connectivity index (χ3v) is 5.38. The van der Waals surface area contributed by atoms with E-state index in [1.165, 1.54) is 5.56 Å². The van der Waals surface area contributed by atoms with Crippen LogP contribution >= 0.6 is 35.7 Å². The molecule has 1 saturated heterocycles. The molecule has 1 fully saturated rings. The van der Waals surface area contributed by atoms with Gasteiger partial charge in [-0.25, -0.2) is 0 Å². The molecule has 0 amide bonds. The first-order valence-electron chi connectivity index (χ1n) is 7.86. The second-order valence-electron chi connectivity index (χ2n) is 6.60. The molecule has 0 saturated carbocycles. The third-order valence-electron chi connectivity index (χ3n) is 4.08. The van der Waals surface area contributed by atoms with Gasteiger partial charge in [0.1, 0.15) is 5.76 Å². The van der Waals surface area contributed by atoms with Crippen molar-refractivity contribution in [1.82, 2.24) is 15.4 Å². The highest BCUT2D eigenvalue weighted by atomic mass is 127. The molecule has 2 rings (SSSR count). The quantitative estimate of drug-likeness (QED) is 0.433. The summed E-state index contributed by atoms with van der Waals surface area (Å²) in [6.45, 7) is 13.7. The SMILES string of the molecule is CN=C(NCC(C)c1c(C)noc1C)N1CCSC(C)(C)C1.I. The molecule has 1 aromatic rings. The van der Waals surface area contributed by atoms with Crippen molar-refractivity contribution in [2.45, 2.75) is 45.3 Å². The highest BCUT2D eigenvalue weighted by molar-refractivity contribution is 14.0. The van der Waals surface area contributed by atoms with Gasteiger partial charge in [-0.15, -0.1) is 24.0 Å². The fraction of sp³-hybridized carbons (Fsp3) is 0.750. The maximum Gasteiger partial charge on any atom is 0.193 e. The van der Waals surface area contributed by atoms with Gasteiger partial charge in [0, 0.05) is 48.7 Å². The highest BCUT2D eigenvalue weighted by Gasteiger charge is 2.29. The largest absolute Gasteiger partial charge is 0.361 e. The number of nitrogens with one attached hydrogen (secondary N) is 1. The fourth-order valence-electron chi connectivity index (χ4n) is 3.07. The molecule has 0 bridgehead atoms. The molecule has 1 N–H and O–H groups in total. The van der Waals surface area contributed by atoms with Gasteiger partial charge in [0.2, 0.25) is 0 Å². The monoisotopic (exact) mass is 452 g/mol. The maximum atomic E-state index is 5.27. The normalized spacial score (nSPS) is 19.2. The lowest BCUT2D eigenvalue weighted by atomic mass is 10.00. The van der Waals surface area contributed by atoms with E-state index in [4.69, 9.17) is 4.52 Å². The van der Waals surface area contributed by atoms with Gasteiger partial charge in [-0.1, -0.05) is 12.1 Å². The number of halogens is 1. The van der Waals surface area contributed by atoms with E-state index in [1.807, 2.05) is 32.7 Å². The number of aromatic nitrogens is 1. The molecule has 1 unspecified atom stereocenters. The fourth-order valence-corrected chi connectivity index (χ4v) is 4.18. The van der Waals surface area contributed by atoms with Gasteiger partial charge < -0.3 is 14.7 Å². The first-order valence-corrected chi connectivity index (χ1v) is 8.85. The summed E-state index contributed by atoms with van der Waals surface area (Å²) < 4.78 is 5.55. The predicted octanol–water partition coefficient (Wildman–Crippen LogP) is 3.42. The van der Waals surface area contributed by atoms with Crippen LogP contribution in [0.5, 0.6) is 0 Å². The minimum absolute atomic E-state index is 0. The molecule has 132 valence electrons. The standard InChI is InChI=1S/C16H28N4OS.HI/c1-11(14-12(2)19-21-13(14)3)9-18-15(17-6)20-7-8-22-16(4,5)10-20;/h11H,7-10H2,1-6H3,(H,17,18);1H. The number of hydrogen-bond acceptors (Lipinski definition) is 4. The number of rotatable bonds is 3. The lowest BCUT2D eigenvalue weighted by Crippen LogP contribution is -2.51. The smallest absolute Gasteiger partial charge is 0.193 e. The summed E-state index contributed by atoms with van der Waals surface area (Å²) >= 11 is 2.03. The van der Waals surface area contributed by atoms with Crippen molar-refractivity contribution in [2.75, 3.05) is 32.4 Å². The molecule has 1 aromatic heterocycles. The molecular weight excluding hydrogens is 423 g/mol. The molecule has 0 aromatic carbocycles. The average Bonchev–Trinajstić information content (AvgIpc) is 2.77. The van der Waals surface area contributed by atoms with Crippen molar-refractivity contribution in [2.24, 2.45) is 4.99 Å². The van der Waals surface area contributed by atoms with Crippen LogP contribution in [0.1, 0.15) is 43.7 Å². The van der Waals surface area contributed by atoms with E-state index in [0.29, 0.717) is 5.92 Å². The van der Waals surface area contributed by atoms with E-state index in [9.17, 15) is 0 Å². The summed E-state index contributed by atoms with van der Waals surface area (Å²) in [7, 11) is 1.86. The van der Waals surface area contributed by atoms with E-state index in [-0.39, 0.29) is 28.7 Å². The van der Waals surface area contributed by atoms with Gasteiger partial charge in [0.15, 0.2) is 5.96 Å². The van der Waals surface area contributed by atoms with E-state index in [2.05, 4.69) is 41.1 Å². The van der Waals surface area contributed by atoms with Crippen LogP contribution in [0.25, 0.3) is 0 Å². The summed E-state index contributed by atoms with van der Waals surface area (Å²) in [6, 6.07) is 0. The predicted molar refractivity (Wildman–Crippen MR) is 109 cm³/mol. The number of thioether (sulfide) groups is 1. The van der Waals surface area contributed by atoms with Crippen molar-refractivity contribution in [3.63, 3.8) is 0 Å². The highest BCUT2D eigenvalue weighted by Crippen LogP contribution is 2.29. The number of nitrogens with zero attached hydrogens (tertiary/aromatic N) is 3. The van der Waals surface area contributed by atoms with Crippen molar-refractivity contribution < 1.29 is 4.52 Å². The Bertz CT molecular complexity index is 525.